The summed E-state index contributed by atoms with van der Waals surface area (Å²) >= 11 is 0. The molecular formula is C16H23N4O4+. The Morgan fingerprint density at radius 3 is 2.75 bits per heavy atom. The van der Waals surface area contributed by atoms with Gasteiger partial charge in [0, 0.05) is 25.2 Å². The second kappa shape index (κ2) is 9.42. The Hall–Kier alpha value is -2.73. The zero-order valence-corrected chi connectivity index (χ0v) is 14.1. The minimum atomic E-state index is -0.930. The van der Waals surface area contributed by atoms with Gasteiger partial charge < -0.3 is 15.0 Å². The number of nitrogens with zero attached hydrogens (tertiary/aromatic N) is 2. The number of esters is 1. The minimum Gasteiger partial charge on any atom is -0.461 e. The van der Waals surface area contributed by atoms with Crippen molar-refractivity contribution in [3.8, 4) is 0 Å². The first kappa shape index (κ1) is 19.3. The van der Waals surface area contributed by atoms with E-state index >= 15 is 0 Å². The molecule has 0 aliphatic carbocycles. The molecule has 0 saturated heterocycles. The van der Waals surface area contributed by atoms with E-state index in [9.17, 15) is 14.4 Å². The van der Waals surface area contributed by atoms with Crippen molar-refractivity contribution in [3.63, 3.8) is 0 Å². The Bertz CT molecular complexity index is 603. The van der Waals surface area contributed by atoms with Gasteiger partial charge >= 0.3 is 12.2 Å². The molecule has 0 aromatic carbocycles. The van der Waals surface area contributed by atoms with E-state index in [1.165, 1.54) is 0 Å². The second-order valence-corrected chi connectivity index (χ2v) is 5.68. The van der Waals surface area contributed by atoms with Crippen LogP contribution in [0.4, 0.5) is 0 Å². The van der Waals surface area contributed by atoms with Gasteiger partial charge in [0.2, 0.25) is 11.7 Å². The first-order valence-corrected chi connectivity index (χ1v) is 7.66. The highest BCUT2D eigenvalue weighted by molar-refractivity contribution is 6.25. The van der Waals surface area contributed by atoms with Crippen LogP contribution in [0.5, 0.6) is 0 Å². The Balaban J connectivity index is 2.76. The molecule has 0 saturated carbocycles. The molecule has 2 N–H and O–H groups in total. The number of ether oxygens (including phenoxy) is 1. The lowest BCUT2D eigenvalue weighted by Gasteiger charge is -2.21. The molecule has 0 spiro atoms. The van der Waals surface area contributed by atoms with Crippen LogP contribution in [-0.2, 0) is 19.1 Å². The van der Waals surface area contributed by atoms with Crippen LogP contribution < -0.4 is 5.32 Å². The predicted octanol–water partition coefficient (Wildman–Crippen LogP) is 0.815. The van der Waals surface area contributed by atoms with Crippen molar-refractivity contribution >= 4 is 23.9 Å². The van der Waals surface area contributed by atoms with Gasteiger partial charge in [-0.3, -0.25) is 9.59 Å². The Morgan fingerprint density at radius 1 is 1.46 bits per heavy atom. The Morgan fingerprint density at radius 2 is 2.17 bits per heavy atom. The second-order valence-electron chi connectivity index (χ2n) is 5.68. The normalized spacial score (nSPS) is 14.5. The van der Waals surface area contributed by atoms with Crippen molar-refractivity contribution in [1.29, 1.82) is 5.53 Å². The summed E-state index contributed by atoms with van der Waals surface area (Å²) in [7, 11) is 1.80. The van der Waals surface area contributed by atoms with Crippen molar-refractivity contribution in [1.82, 2.24) is 10.2 Å². The summed E-state index contributed by atoms with van der Waals surface area (Å²) in [6.45, 7) is 3.41. The predicted molar refractivity (Wildman–Crippen MR) is 86.0 cm³/mol. The summed E-state index contributed by atoms with van der Waals surface area (Å²) in [4.78, 5) is 40.6. The smallest absolute Gasteiger partial charge is 0.372 e. The summed E-state index contributed by atoms with van der Waals surface area (Å²) in [6, 6.07) is -0.930. The van der Waals surface area contributed by atoms with E-state index in [0.717, 1.165) is 6.21 Å². The third-order valence-electron chi connectivity index (χ3n) is 3.16. The molecule has 1 amide bonds. The SMILES string of the molecule is CC(C)OC(=O)[C@H](CCC(=O)C=[N+]=N)NC(=O)C1=CN(C)C=CC1. The Kier molecular flexibility index (Phi) is 7.58. The van der Waals surface area contributed by atoms with Crippen LogP contribution in [0.3, 0.4) is 0 Å². The lowest BCUT2D eigenvalue weighted by molar-refractivity contribution is -0.151. The molecule has 0 aromatic heterocycles. The summed E-state index contributed by atoms with van der Waals surface area (Å²) in [6.07, 6.45) is 6.43. The van der Waals surface area contributed by atoms with Crippen molar-refractivity contribution in [2.45, 2.75) is 45.3 Å². The molecule has 0 bridgehead atoms. The van der Waals surface area contributed by atoms with Gasteiger partial charge in [-0.05, 0) is 32.9 Å². The monoisotopic (exact) mass is 335 g/mol. The first-order valence-electron chi connectivity index (χ1n) is 7.66. The molecule has 24 heavy (non-hydrogen) atoms. The number of carbonyl (C=O) groups is 3. The van der Waals surface area contributed by atoms with E-state index in [0.29, 0.717) is 12.0 Å². The van der Waals surface area contributed by atoms with E-state index in [1.54, 1.807) is 32.0 Å². The molecule has 1 aliphatic rings. The molecule has 1 rings (SSSR count). The maximum atomic E-state index is 12.3. The molecule has 1 heterocycles. The van der Waals surface area contributed by atoms with Crippen molar-refractivity contribution in [2.75, 3.05) is 7.05 Å². The fourth-order valence-corrected chi connectivity index (χ4v) is 2.08. The van der Waals surface area contributed by atoms with Crippen LogP contribution in [0, 0.1) is 5.53 Å². The van der Waals surface area contributed by atoms with E-state index in [1.807, 2.05) is 12.3 Å². The van der Waals surface area contributed by atoms with Gasteiger partial charge in [-0.25, -0.2) is 4.79 Å². The summed E-state index contributed by atoms with van der Waals surface area (Å²) in [5.41, 5.74) is 7.15. The molecule has 8 heteroatoms. The largest absolute Gasteiger partial charge is 0.461 e. The standard InChI is InChI=1S/C16H22N4O4/c1-11(2)24-16(23)14(7-6-13(21)9-18-17)19-15(22)12-5-4-8-20(3)10-12/h4,8-11,14,17H,5-7H2,1-3H3/p+1/t14-/m0/s1. The third-order valence-corrected chi connectivity index (χ3v) is 3.16. The van der Waals surface area contributed by atoms with Crippen LogP contribution in [0.1, 0.15) is 33.1 Å². The summed E-state index contributed by atoms with van der Waals surface area (Å²) in [5, 5.41) is 2.62. The number of nitrogens with one attached hydrogen (secondary N) is 2. The zero-order valence-electron chi connectivity index (χ0n) is 14.1. The molecule has 0 unspecified atom stereocenters. The van der Waals surface area contributed by atoms with E-state index in [2.05, 4.69) is 10.1 Å². The van der Waals surface area contributed by atoms with Crippen LogP contribution in [0.15, 0.2) is 24.0 Å². The van der Waals surface area contributed by atoms with Crippen LogP contribution in [-0.4, -0.2) is 52.8 Å². The number of carbonyl (C=O) groups excluding carboxylic acids is 3. The molecule has 0 radical (unpaired) electrons. The fraction of sp³-hybridized carbons (Fsp3) is 0.500. The van der Waals surface area contributed by atoms with Crippen molar-refractivity contribution < 1.29 is 23.9 Å². The lowest BCUT2D eigenvalue weighted by atomic mass is 10.1. The van der Waals surface area contributed by atoms with Crippen LogP contribution >= 0.6 is 0 Å². The highest BCUT2D eigenvalue weighted by atomic mass is 16.5. The van der Waals surface area contributed by atoms with Crippen molar-refractivity contribution in [2.24, 2.45) is 0 Å². The number of ketones is 1. The summed E-state index contributed by atoms with van der Waals surface area (Å²) < 4.78 is 5.13. The highest BCUT2D eigenvalue weighted by Gasteiger charge is 2.26. The molecule has 0 aromatic rings. The van der Waals surface area contributed by atoms with Gasteiger partial charge in [-0.2, -0.15) is 0 Å². The van der Waals surface area contributed by atoms with Gasteiger partial charge in [-0.1, -0.05) is 6.08 Å². The van der Waals surface area contributed by atoms with Crippen LogP contribution in [0.25, 0.3) is 0 Å². The highest BCUT2D eigenvalue weighted by Crippen LogP contribution is 2.12. The quantitative estimate of drug-likeness (QED) is 0.295. The Labute approximate surface area is 140 Å². The third kappa shape index (κ3) is 6.58. The average molecular weight is 335 g/mol. The lowest BCUT2D eigenvalue weighted by Crippen LogP contribution is -2.43. The van der Waals surface area contributed by atoms with Gasteiger partial charge in [0.05, 0.1) is 16.4 Å². The maximum absolute atomic E-state index is 12.3. The topological polar surface area (TPSA) is 114 Å². The van der Waals surface area contributed by atoms with Gasteiger partial charge in [0.25, 0.3) is 0 Å². The molecule has 130 valence electrons. The molecular weight excluding hydrogens is 312 g/mol. The summed E-state index contributed by atoms with van der Waals surface area (Å²) in [5.74, 6) is -1.35. The number of hydrogen-bond donors (Lipinski definition) is 2. The fourth-order valence-electron chi connectivity index (χ4n) is 2.08. The molecule has 0 fully saturated rings. The minimum absolute atomic E-state index is 0.0145. The number of amides is 1. The first-order chi connectivity index (χ1) is 11.3. The van der Waals surface area contributed by atoms with Gasteiger partial charge in [0.1, 0.15) is 6.04 Å². The van der Waals surface area contributed by atoms with Gasteiger partial charge in [-0.15, -0.1) is 0 Å². The molecule has 1 aliphatic heterocycles. The van der Waals surface area contributed by atoms with E-state index < -0.39 is 12.0 Å². The number of Topliss-reactive ketones (excluding diaryl/α,β-unsaturated/α-hetero) is 1. The maximum Gasteiger partial charge on any atom is 0.372 e. The zero-order chi connectivity index (χ0) is 18.1. The van der Waals surface area contributed by atoms with Crippen molar-refractivity contribution in [3.05, 3.63) is 24.0 Å². The molecule has 1 atom stereocenters. The van der Waals surface area contributed by atoms with E-state index in [4.69, 9.17) is 10.3 Å². The van der Waals surface area contributed by atoms with Crippen LogP contribution in [0.2, 0.25) is 0 Å². The average Bonchev–Trinajstić information content (AvgIpc) is 2.50. The molecule has 8 nitrogen and oxygen atoms in total. The number of hydrogen-bond acceptors (Lipinski definition) is 6. The van der Waals surface area contributed by atoms with E-state index in [-0.39, 0.29) is 30.6 Å². The van der Waals surface area contributed by atoms with Gasteiger partial charge in [0.15, 0.2) is 0 Å². The number of rotatable bonds is 8. The number of allylic oxidation sites excluding steroid dienone is 1.